The molecule has 2 rings (SSSR count). The molecule has 0 spiro atoms. The Morgan fingerprint density at radius 3 is 1.54 bits per heavy atom. The molecule has 0 aromatic carbocycles. The number of carboxylic acids is 1. The highest BCUT2D eigenvalue weighted by atomic mass is 35.5. The number of halogens is 6. The van der Waals surface area contributed by atoms with Gasteiger partial charge in [0.25, 0.3) is 5.91 Å². The molecular weight excluding hydrogens is 447 g/mol. The third kappa shape index (κ3) is 5.51. The van der Waals surface area contributed by atoms with Crippen LogP contribution in [0.2, 0.25) is 30.7 Å². The molecule has 0 aliphatic heterocycles. The number of primary amides is 1. The number of pyridine rings is 2. The predicted molar refractivity (Wildman–Crippen MR) is 94.0 cm³/mol. The number of nitrogens with zero attached hydrogens (tertiary/aromatic N) is 2. The lowest BCUT2D eigenvalue weighted by Crippen LogP contribution is -2.12. The molecule has 0 saturated carbocycles. The Morgan fingerprint density at radius 2 is 1.17 bits per heavy atom. The molecule has 2 aromatic heterocycles. The number of carboxylic acid groups (broad SMARTS) is 1. The summed E-state index contributed by atoms with van der Waals surface area (Å²) < 4.78 is 0. The largest absolute Gasteiger partial charge is 0.478 e. The molecule has 2 heterocycles. The van der Waals surface area contributed by atoms with Gasteiger partial charge in [-0.1, -0.05) is 69.6 Å². The van der Waals surface area contributed by atoms with Crippen LogP contribution in [0.1, 0.15) is 20.7 Å². The minimum Gasteiger partial charge on any atom is -0.478 e. The summed E-state index contributed by atoms with van der Waals surface area (Å²) in [5.74, 6) is -1.88. The molecule has 0 aliphatic carbocycles. The molecule has 0 bridgehead atoms. The normalized spacial score (nSPS) is 9.92. The maximum Gasteiger partial charge on any atom is 0.338 e. The first-order valence-electron chi connectivity index (χ1n) is 5.60. The van der Waals surface area contributed by atoms with Crippen molar-refractivity contribution in [2.45, 2.75) is 0 Å². The van der Waals surface area contributed by atoms with Gasteiger partial charge in [0.05, 0.1) is 21.2 Å². The van der Waals surface area contributed by atoms with E-state index in [1.807, 2.05) is 0 Å². The highest BCUT2D eigenvalue weighted by Crippen LogP contribution is 2.25. The lowest BCUT2D eigenvalue weighted by Gasteiger charge is -2.00. The SMILES string of the molecule is NC(=O)c1cc(Cl)c(Cl)nc1Cl.O=C(O)c1cc(Cl)c(Cl)nc1Cl. The maximum atomic E-state index is 10.7. The second-order valence-corrected chi connectivity index (χ2v) is 6.11. The van der Waals surface area contributed by atoms with E-state index in [9.17, 15) is 9.59 Å². The summed E-state index contributed by atoms with van der Waals surface area (Å²) in [6.07, 6.45) is 0. The van der Waals surface area contributed by atoms with Crippen molar-refractivity contribution >= 4 is 81.5 Å². The third-order valence-corrected chi connectivity index (χ3v) is 4.19. The van der Waals surface area contributed by atoms with Gasteiger partial charge in [-0.15, -0.1) is 0 Å². The van der Waals surface area contributed by atoms with Crippen LogP contribution in [0.5, 0.6) is 0 Å². The van der Waals surface area contributed by atoms with Crippen LogP contribution in [0.3, 0.4) is 0 Å². The second kappa shape index (κ2) is 8.89. The van der Waals surface area contributed by atoms with Crippen LogP contribution in [0, 0.1) is 0 Å². The Labute approximate surface area is 165 Å². The number of hydrogen-bond donors (Lipinski definition) is 2. The summed E-state index contributed by atoms with van der Waals surface area (Å²) in [6, 6.07) is 2.43. The number of aromatic carboxylic acids is 1. The van der Waals surface area contributed by atoms with E-state index in [1.165, 1.54) is 6.07 Å². The third-order valence-electron chi connectivity index (χ3n) is 2.27. The van der Waals surface area contributed by atoms with Crippen molar-refractivity contribution in [2.24, 2.45) is 5.73 Å². The Morgan fingerprint density at radius 1 is 0.792 bits per heavy atom. The van der Waals surface area contributed by atoms with Gasteiger partial charge in [-0.05, 0) is 12.1 Å². The van der Waals surface area contributed by atoms with Gasteiger partial charge in [0.15, 0.2) is 0 Å². The molecule has 0 atom stereocenters. The van der Waals surface area contributed by atoms with Gasteiger partial charge in [0.2, 0.25) is 0 Å². The summed E-state index contributed by atoms with van der Waals surface area (Å²) in [4.78, 5) is 28.2. The Bertz CT molecular complexity index is 748. The van der Waals surface area contributed by atoms with Crippen LogP contribution in [-0.4, -0.2) is 27.0 Å². The highest BCUT2D eigenvalue weighted by molar-refractivity contribution is 6.43. The van der Waals surface area contributed by atoms with Crippen molar-refractivity contribution in [1.82, 2.24) is 9.97 Å². The Hall–Kier alpha value is -1.02. The number of hydrogen-bond acceptors (Lipinski definition) is 4. The van der Waals surface area contributed by atoms with Crippen molar-refractivity contribution in [2.75, 3.05) is 0 Å². The van der Waals surface area contributed by atoms with Crippen LogP contribution in [0.25, 0.3) is 0 Å². The van der Waals surface area contributed by atoms with Gasteiger partial charge in [-0.2, -0.15) is 0 Å². The first-order valence-corrected chi connectivity index (χ1v) is 7.87. The van der Waals surface area contributed by atoms with Crippen LogP contribution >= 0.6 is 69.6 Å². The molecule has 0 unspecified atom stereocenters. The number of aromatic nitrogens is 2. The quantitative estimate of drug-likeness (QED) is 0.633. The summed E-state index contributed by atoms with van der Waals surface area (Å²) >= 11 is 33.1. The number of carbonyl (C=O) groups excluding carboxylic acids is 1. The number of carbonyl (C=O) groups is 2. The molecule has 0 aliphatic rings. The maximum absolute atomic E-state index is 10.7. The molecule has 3 N–H and O–H groups in total. The van der Waals surface area contributed by atoms with Crippen molar-refractivity contribution in [3.63, 3.8) is 0 Å². The zero-order valence-electron chi connectivity index (χ0n) is 11.2. The van der Waals surface area contributed by atoms with Gasteiger partial charge in [0, 0.05) is 0 Å². The molecule has 24 heavy (non-hydrogen) atoms. The zero-order chi connectivity index (χ0) is 18.6. The fourth-order valence-corrected chi connectivity index (χ4v) is 2.33. The average molecular weight is 452 g/mol. The van der Waals surface area contributed by atoms with Gasteiger partial charge in [-0.3, -0.25) is 4.79 Å². The topological polar surface area (TPSA) is 106 Å². The van der Waals surface area contributed by atoms with Gasteiger partial charge >= 0.3 is 5.97 Å². The monoisotopic (exact) mass is 449 g/mol. The van der Waals surface area contributed by atoms with Crippen LogP contribution in [0.15, 0.2) is 12.1 Å². The average Bonchev–Trinajstić information content (AvgIpc) is 2.46. The van der Waals surface area contributed by atoms with Crippen molar-refractivity contribution in [3.05, 3.63) is 53.9 Å². The lowest BCUT2D eigenvalue weighted by molar-refractivity contribution is 0.0696. The van der Waals surface area contributed by atoms with Gasteiger partial charge in [-0.25, -0.2) is 14.8 Å². The molecule has 128 valence electrons. The predicted octanol–water partition coefficient (Wildman–Crippen LogP) is 4.88. The van der Waals surface area contributed by atoms with Crippen molar-refractivity contribution in [1.29, 1.82) is 0 Å². The smallest absolute Gasteiger partial charge is 0.338 e. The van der Waals surface area contributed by atoms with E-state index < -0.39 is 11.9 Å². The van der Waals surface area contributed by atoms with Crippen molar-refractivity contribution < 1.29 is 14.7 Å². The summed E-state index contributed by atoms with van der Waals surface area (Å²) in [7, 11) is 0. The van der Waals surface area contributed by atoms with E-state index in [4.69, 9.17) is 80.4 Å². The molecule has 0 fully saturated rings. The molecular formula is C12H5Cl6N3O3. The van der Waals surface area contributed by atoms with E-state index >= 15 is 0 Å². The molecule has 6 nitrogen and oxygen atoms in total. The van der Waals surface area contributed by atoms with Gasteiger partial charge < -0.3 is 10.8 Å². The fraction of sp³-hybridized carbons (Fsp3) is 0. The van der Waals surface area contributed by atoms with E-state index in [2.05, 4.69) is 9.97 Å². The molecule has 0 saturated heterocycles. The van der Waals surface area contributed by atoms with Gasteiger partial charge in [0.1, 0.15) is 20.6 Å². The molecule has 2 aromatic rings. The molecule has 1 amide bonds. The van der Waals surface area contributed by atoms with E-state index in [0.717, 1.165) is 6.07 Å². The first-order chi connectivity index (χ1) is 11.0. The fourth-order valence-electron chi connectivity index (χ4n) is 1.21. The Balaban J connectivity index is 0.000000240. The Kier molecular flexibility index (Phi) is 7.79. The number of rotatable bonds is 2. The zero-order valence-corrected chi connectivity index (χ0v) is 15.7. The van der Waals surface area contributed by atoms with E-state index in [-0.39, 0.29) is 41.8 Å². The van der Waals surface area contributed by atoms with E-state index in [1.54, 1.807) is 0 Å². The number of amides is 1. The second-order valence-electron chi connectivity index (χ2n) is 3.87. The highest BCUT2D eigenvalue weighted by Gasteiger charge is 2.13. The minimum atomic E-state index is -1.19. The molecule has 12 heteroatoms. The van der Waals surface area contributed by atoms with Crippen molar-refractivity contribution in [3.8, 4) is 0 Å². The molecule has 0 radical (unpaired) electrons. The lowest BCUT2D eigenvalue weighted by atomic mass is 10.3. The summed E-state index contributed by atoms with van der Waals surface area (Å²) in [5.41, 5.74) is 4.87. The minimum absolute atomic E-state index is 0.00772. The summed E-state index contributed by atoms with van der Waals surface area (Å²) in [6.45, 7) is 0. The van der Waals surface area contributed by atoms with Crippen LogP contribution in [-0.2, 0) is 0 Å². The van der Waals surface area contributed by atoms with E-state index in [0.29, 0.717) is 0 Å². The standard InChI is InChI=1S/C6H3Cl3N2O.C6H2Cl3NO2/c7-3-1-2(6(10)12)4(8)11-5(3)9;7-3-1-2(6(11)12)4(8)10-5(3)9/h1H,(H2,10,12);1H,(H,11,12). The van der Waals surface area contributed by atoms with Crippen LogP contribution < -0.4 is 5.73 Å². The first kappa shape index (κ1) is 21.0. The number of nitrogens with two attached hydrogens (primary N) is 1. The van der Waals surface area contributed by atoms with Crippen LogP contribution in [0.4, 0.5) is 0 Å². The summed E-state index contributed by atoms with van der Waals surface area (Å²) in [5, 5.41) is 8.60.